The van der Waals surface area contributed by atoms with E-state index in [1.807, 2.05) is 19.1 Å². The van der Waals surface area contributed by atoms with Crippen molar-refractivity contribution >= 4 is 5.78 Å². The van der Waals surface area contributed by atoms with E-state index in [4.69, 9.17) is 0 Å². The Labute approximate surface area is 124 Å². The van der Waals surface area contributed by atoms with Crippen LogP contribution in [0, 0.1) is 19.7 Å². The lowest BCUT2D eigenvalue weighted by Gasteiger charge is -2.16. The smallest absolute Gasteiger partial charge is 0.164 e. The zero-order chi connectivity index (χ0) is 15.0. The molecule has 1 aliphatic rings. The number of rotatable bonds is 3. The molecular formula is C18H20FNO. The quantitative estimate of drug-likeness (QED) is 0.835. The molecule has 2 aromatic rings. The van der Waals surface area contributed by atoms with Crippen molar-refractivity contribution in [1.29, 1.82) is 0 Å². The average molecular weight is 285 g/mol. The van der Waals surface area contributed by atoms with Gasteiger partial charge in [0.2, 0.25) is 0 Å². The number of carbonyl (C=O) groups is 1. The summed E-state index contributed by atoms with van der Waals surface area (Å²) >= 11 is 0. The van der Waals surface area contributed by atoms with Crippen molar-refractivity contribution in [2.75, 3.05) is 0 Å². The first-order valence-electron chi connectivity index (χ1n) is 7.53. The van der Waals surface area contributed by atoms with Gasteiger partial charge in [-0.15, -0.1) is 0 Å². The van der Waals surface area contributed by atoms with Gasteiger partial charge in [-0.05, 0) is 62.4 Å². The molecule has 21 heavy (non-hydrogen) atoms. The third kappa shape index (κ3) is 2.65. The summed E-state index contributed by atoms with van der Waals surface area (Å²) in [6.45, 7) is 4.85. The normalized spacial score (nSPS) is 14.3. The van der Waals surface area contributed by atoms with Crippen LogP contribution in [0.2, 0.25) is 0 Å². The highest BCUT2D eigenvalue weighted by atomic mass is 19.1. The van der Waals surface area contributed by atoms with Crippen molar-refractivity contribution in [2.45, 2.75) is 46.1 Å². The molecule has 3 heteroatoms. The highest BCUT2D eigenvalue weighted by Gasteiger charge is 2.22. The maximum absolute atomic E-state index is 13.2. The van der Waals surface area contributed by atoms with Crippen molar-refractivity contribution in [3.05, 3.63) is 58.2 Å². The molecule has 0 saturated heterocycles. The molecule has 0 fully saturated rings. The second-order valence-electron chi connectivity index (χ2n) is 5.90. The van der Waals surface area contributed by atoms with Crippen LogP contribution in [0.5, 0.6) is 0 Å². The number of fused-ring (bicyclic) bond motifs is 1. The van der Waals surface area contributed by atoms with Gasteiger partial charge in [0.1, 0.15) is 5.82 Å². The van der Waals surface area contributed by atoms with Crippen LogP contribution in [0.15, 0.2) is 24.3 Å². The molecule has 1 aliphatic carbocycles. The largest absolute Gasteiger partial charge is 0.348 e. The van der Waals surface area contributed by atoms with Gasteiger partial charge in [-0.3, -0.25) is 4.79 Å². The molecule has 0 atom stereocenters. The Morgan fingerprint density at radius 3 is 2.76 bits per heavy atom. The Kier molecular flexibility index (Phi) is 3.66. The van der Waals surface area contributed by atoms with E-state index < -0.39 is 0 Å². The highest BCUT2D eigenvalue weighted by Crippen LogP contribution is 2.25. The maximum atomic E-state index is 13.2. The zero-order valence-electron chi connectivity index (χ0n) is 12.6. The summed E-state index contributed by atoms with van der Waals surface area (Å²) in [6, 6.07) is 6.98. The predicted octanol–water partition coefficient (Wildman–Crippen LogP) is 4.01. The SMILES string of the molecule is Cc1cc(F)ccc1CCn1c(C)cc2c1CCCC2=O. The van der Waals surface area contributed by atoms with Crippen LogP contribution in [0.3, 0.4) is 0 Å². The first-order valence-corrected chi connectivity index (χ1v) is 7.53. The molecule has 1 heterocycles. The Morgan fingerprint density at radius 1 is 1.19 bits per heavy atom. The van der Waals surface area contributed by atoms with Gasteiger partial charge in [0.15, 0.2) is 5.78 Å². The lowest BCUT2D eigenvalue weighted by Crippen LogP contribution is -2.14. The minimum Gasteiger partial charge on any atom is -0.348 e. The van der Waals surface area contributed by atoms with E-state index in [0.29, 0.717) is 6.42 Å². The van der Waals surface area contributed by atoms with E-state index in [-0.39, 0.29) is 11.6 Å². The molecule has 0 saturated carbocycles. The molecule has 0 radical (unpaired) electrons. The zero-order valence-corrected chi connectivity index (χ0v) is 12.6. The molecular weight excluding hydrogens is 265 g/mol. The van der Waals surface area contributed by atoms with Crippen LogP contribution < -0.4 is 0 Å². The van der Waals surface area contributed by atoms with E-state index in [1.54, 1.807) is 6.07 Å². The Balaban J connectivity index is 1.84. The molecule has 2 nitrogen and oxygen atoms in total. The molecule has 1 aromatic heterocycles. The molecule has 0 amide bonds. The van der Waals surface area contributed by atoms with Gasteiger partial charge in [0.05, 0.1) is 0 Å². The van der Waals surface area contributed by atoms with Gasteiger partial charge in [-0.25, -0.2) is 4.39 Å². The second-order valence-corrected chi connectivity index (χ2v) is 5.90. The van der Waals surface area contributed by atoms with Gasteiger partial charge < -0.3 is 4.57 Å². The summed E-state index contributed by atoms with van der Waals surface area (Å²) in [5, 5.41) is 0. The summed E-state index contributed by atoms with van der Waals surface area (Å²) in [5.41, 5.74) is 5.40. The summed E-state index contributed by atoms with van der Waals surface area (Å²) < 4.78 is 15.4. The van der Waals surface area contributed by atoms with Gasteiger partial charge in [-0.1, -0.05) is 6.07 Å². The first kappa shape index (κ1) is 14.1. The fraction of sp³-hybridized carbons (Fsp3) is 0.389. The lowest BCUT2D eigenvalue weighted by molar-refractivity contribution is 0.0971. The third-order valence-corrected chi connectivity index (χ3v) is 4.44. The monoisotopic (exact) mass is 285 g/mol. The highest BCUT2D eigenvalue weighted by molar-refractivity contribution is 5.98. The van der Waals surface area contributed by atoms with Crippen molar-refractivity contribution in [3.8, 4) is 0 Å². The van der Waals surface area contributed by atoms with E-state index in [2.05, 4.69) is 11.5 Å². The standard InChI is InChI=1S/C18H20FNO/c1-12-10-15(19)7-6-14(12)8-9-20-13(2)11-16-17(20)4-3-5-18(16)21/h6-7,10-11H,3-5,8-9H2,1-2H3. The number of hydrogen-bond donors (Lipinski definition) is 0. The fourth-order valence-electron chi connectivity index (χ4n) is 3.27. The Morgan fingerprint density at radius 2 is 2.00 bits per heavy atom. The van der Waals surface area contributed by atoms with Gasteiger partial charge in [0.25, 0.3) is 0 Å². The van der Waals surface area contributed by atoms with E-state index in [1.165, 1.54) is 17.3 Å². The van der Waals surface area contributed by atoms with Gasteiger partial charge in [-0.2, -0.15) is 0 Å². The van der Waals surface area contributed by atoms with Crippen LogP contribution >= 0.6 is 0 Å². The third-order valence-electron chi connectivity index (χ3n) is 4.44. The number of nitrogens with zero attached hydrogens (tertiary/aromatic N) is 1. The minimum atomic E-state index is -0.184. The molecule has 1 aromatic carbocycles. The number of halogens is 1. The number of Topliss-reactive ketones (excluding diaryl/α,β-unsaturated/α-hetero) is 1. The van der Waals surface area contributed by atoms with Crippen LogP contribution in [0.25, 0.3) is 0 Å². The number of hydrogen-bond acceptors (Lipinski definition) is 1. The minimum absolute atomic E-state index is 0.184. The Bertz CT molecular complexity index is 699. The summed E-state index contributed by atoms with van der Waals surface area (Å²) in [6.07, 6.45) is 3.47. The molecule has 110 valence electrons. The van der Waals surface area contributed by atoms with Crippen molar-refractivity contribution < 1.29 is 9.18 Å². The van der Waals surface area contributed by atoms with Crippen molar-refractivity contribution in [2.24, 2.45) is 0 Å². The maximum Gasteiger partial charge on any atom is 0.164 e. The van der Waals surface area contributed by atoms with Crippen LogP contribution in [-0.2, 0) is 19.4 Å². The number of aromatic nitrogens is 1. The van der Waals surface area contributed by atoms with E-state index in [0.717, 1.165) is 42.6 Å². The first-order chi connectivity index (χ1) is 10.1. The van der Waals surface area contributed by atoms with Crippen LogP contribution in [-0.4, -0.2) is 10.4 Å². The van der Waals surface area contributed by atoms with Crippen LogP contribution in [0.1, 0.15) is 45.7 Å². The number of benzene rings is 1. The Hall–Kier alpha value is -1.90. The van der Waals surface area contributed by atoms with E-state index >= 15 is 0 Å². The summed E-state index contributed by atoms with van der Waals surface area (Å²) in [7, 11) is 0. The van der Waals surface area contributed by atoms with Crippen molar-refractivity contribution in [1.82, 2.24) is 4.57 Å². The number of carbonyl (C=O) groups excluding carboxylic acids is 1. The summed E-state index contributed by atoms with van der Waals surface area (Å²) in [4.78, 5) is 12.0. The number of aryl methyl sites for hydroxylation is 3. The predicted molar refractivity (Wildman–Crippen MR) is 81.3 cm³/mol. The average Bonchev–Trinajstić information content (AvgIpc) is 2.76. The van der Waals surface area contributed by atoms with Gasteiger partial charge >= 0.3 is 0 Å². The molecule has 3 rings (SSSR count). The molecule has 0 spiro atoms. The summed E-state index contributed by atoms with van der Waals surface area (Å²) in [5.74, 6) is 0.0902. The van der Waals surface area contributed by atoms with Gasteiger partial charge in [0, 0.05) is 29.9 Å². The molecule has 0 bridgehead atoms. The lowest BCUT2D eigenvalue weighted by atomic mass is 9.96. The van der Waals surface area contributed by atoms with Crippen molar-refractivity contribution in [3.63, 3.8) is 0 Å². The molecule has 0 aliphatic heterocycles. The van der Waals surface area contributed by atoms with E-state index in [9.17, 15) is 9.18 Å². The number of ketones is 1. The fourth-order valence-corrected chi connectivity index (χ4v) is 3.27. The second kappa shape index (κ2) is 5.47. The van der Waals surface area contributed by atoms with Crippen LogP contribution in [0.4, 0.5) is 4.39 Å². The topological polar surface area (TPSA) is 22.0 Å². The molecule has 0 N–H and O–H groups in total. The molecule has 0 unspecified atom stereocenters.